The average molecular weight is 556 g/mol. The largest absolute Gasteiger partial charge is 0.493 e. The SMILES string of the molecule is CCCC(NC(=O)[C@@H](O)C(C)(C)C)C(=O)Nc1ncc(-c2ccccc2COc2ccc(OC)c(OC)c2)s1. The molecule has 0 bridgehead atoms. The number of rotatable bonds is 12. The first-order valence-electron chi connectivity index (χ1n) is 12.8. The molecule has 3 rings (SSSR count). The van der Waals surface area contributed by atoms with Crippen molar-refractivity contribution in [1.29, 1.82) is 0 Å². The third-order valence-corrected chi connectivity index (χ3v) is 6.99. The monoisotopic (exact) mass is 555 g/mol. The smallest absolute Gasteiger partial charge is 0.250 e. The number of aliphatic hydroxyl groups is 1. The third kappa shape index (κ3) is 7.93. The van der Waals surface area contributed by atoms with Crippen molar-refractivity contribution in [3.63, 3.8) is 0 Å². The minimum absolute atomic E-state index is 0.311. The van der Waals surface area contributed by atoms with E-state index in [9.17, 15) is 14.7 Å². The van der Waals surface area contributed by atoms with E-state index in [2.05, 4.69) is 15.6 Å². The first-order chi connectivity index (χ1) is 18.6. The highest BCUT2D eigenvalue weighted by Gasteiger charge is 2.32. The summed E-state index contributed by atoms with van der Waals surface area (Å²) in [7, 11) is 3.16. The van der Waals surface area contributed by atoms with Crippen molar-refractivity contribution in [3.8, 4) is 27.7 Å². The molecule has 0 saturated heterocycles. The Morgan fingerprint density at radius 2 is 1.77 bits per heavy atom. The Morgan fingerprint density at radius 3 is 2.44 bits per heavy atom. The van der Waals surface area contributed by atoms with E-state index < -0.39 is 23.5 Å². The van der Waals surface area contributed by atoms with Gasteiger partial charge in [-0.3, -0.25) is 9.59 Å². The van der Waals surface area contributed by atoms with Gasteiger partial charge in [0, 0.05) is 12.3 Å². The summed E-state index contributed by atoms with van der Waals surface area (Å²) >= 11 is 1.33. The summed E-state index contributed by atoms with van der Waals surface area (Å²) in [5.74, 6) is 0.893. The first-order valence-corrected chi connectivity index (χ1v) is 13.6. The number of methoxy groups -OCH3 is 2. The van der Waals surface area contributed by atoms with Crippen molar-refractivity contribution < 1.29 is 28.9 Å². The summed E-state index contributed by atoms with van der Waals surface area (Å²) in [6.07, 6.45) is 1.59. The molecule has 0 aliphatic heterocycles. The molecule has 1 unspecified atom stereocenters. The van der Waals surface area contributed by atoms with Gasteiger partial charge in [-0.15, -0.1) is 0 Å². The molecule has 210 valence electrons. The van der Waals surface area contributed by atoms with E-state index in [4.69, 9.17) is 14.2 Å². The second kappa shape index (κ2) is 13.4. The van der Waals surface area contributed by atoms with Crippen molar-refractivity contribution >= 4 is 28.3 Å². The molecule has 2 aromatic carbocycles. The van der Waals surface area contributed by atoms with E-state index in [0.717, 1.165) is 16.0 Å². The number of carbonyl (C=O) groups is 2. The van der Waals surface area contributed by atoms with Crippen LogP contribution in [0.4, 0.5) is 5.13 Å². The average Bonchev–Trinajstić information content (AvgIpc) is 3.38. The van der Waals surface area contributed by atoms with E-state index >= 15 is 0 Å². The number of hydrogen-bond donors (Lipinski definition) is 3. The quantitative estimate of drug-likeness (QED) is 0.287. The van der Waals surface area contributed by atoms with Gasteiger partial charge in [0.2, 0.25) is 11.8 Å². The van der Waals surface area contributed by atoms with Gasteiger partial charge in [0.25, 0.3) is 0 Å². The summed E-state index contributed by atoms with van der Waals surface area (Å²) in [6, 6.07) is 12.4. The predicted octanol–water partition coefficient (Wildman–Crippen LogP) is 5.04. The zero-order valence-corrected chi connectivity index (χ0v) is 24.1. The molecular weight excluding hydrogens is 518 g/mol. The van der Waals surface area contributed by atoms with Gasteiger partial charge in [0.1, 0.15) is 24.5 Å². The Morgan fingerprint density at radius 1 is 1.05 bits per heavy atom. The highest BCUT2D eigenvalue weighted by atomic mass is 32.1. The fraction of sp³-hybridized carbons (Fsp3) is 0.414. The standard InChI is InChI=1S/C29H37N3O6S/c1-7-10-21(31-27(35)25(33)29(2,3)4)26(34)32-28-30-16-24(39-28)20-12-9-8-11-18(20)17-38-19-13-14-22(36-5)23(15-19)37-6/h8-9,11-16,21,25,33H,7,10,17H2,1-6H3,(H,31,35)(H,30,32,34)/t21?,25-/m1/s1. The molecule has 1 aromatic heterocycles. The third-order valence-electron chi connectivity index (χ3n) is 6.05. The molecule has 0 aliphatic rings. The molecular formula is C29H37N3O6S. The molecule has 10 heteroatoms. The molecule has 3 aromatic rings. The number of thiazole rings is 1. The van der Waals surface area contributed by atoms with Crippen molar-refractivity contribution in [2.24, 2.45) is 5.41 Å². The van der Waals surface area contributed by atoms with E-state index in [-0.39, 0.29) is 5.91 Å². The molecule has 0 spiro atoms. The highest BCUT2D eigenvalue weighted by Crippen LogP contribution is 2.34. The number of amides is 2. The lowest BCUT2D eigenvalue weighted by Crippen LogP contribution is -2.50. The number of hydrogen-bond acceptors (Lipinski definition) is 8. The van der Waals surface area contributed by atoms with Crippen LogP contribution in [0.25, 0.3) is 10.4 Å². The number of nitrogens with zero attached hydrogens (tertiary/aromatic N) is 1. The number of aliphatic hydroxyl groups excluding tert-OH is 1. The Labute approximate surface area is 233 Å². The fourth-order valence-corrected chi connectivity index (χ4v) is 4.68. The molecule has 39 heavy (non-hydrogen) atoms. The van der Waals surface area contributed by atoms with Crippen LogP contribution < -0.4 is 24.8 Å². The molecule has 0 radical (unpaired) electrons. The van der Waals surface area contributed by atoms with Crippen molar-refractivity contribution in [2.75, 3.05) is 19.5 Å². The summed E-state index contributed by atoms with van der Waals surface area (Å²) < 4.78 is 16.7. The first kappa shape index (κ1) is 29.9. The van der Waals surface area contributed by atoms with Gasteiger partial charge in [-0.05, 0) is 35.1 Å². The second-order valence-electron chi connectivity index (χ2n) is 10.1. The molecule has 0 fully saturated rings. The van der Waals surface area contributed by atoms with Crippen molar-refractivity contribution in [2.45, 2.75) is 59.3 Å². The van der Waals surface area contributed by atoms with Gasteiger partial charge in [-0.1, -0.05) is 69.7 Å². The van der Waals surface area contributed by atoms with Crippen LogP contribution in [0.2, 0.25) is 0 Å². The van der Waals surface area contributed by atoms with Crippen molar-refractivity contribution in [3.05, 3.63) is 54.2 Å². The molecule has 3 N–H and O–H groups in total. The Balaban J connectivity index is 1.71. The van der Waals surface area contributed by atoms with Gasteiger partial charge in [-0.2, -0.15) is 0 Å². The molecule has 1 heterocycles. The number of carbonyl (C=O) groups excluding carboxylic acids is 2. The number of aromatic nitrogens is 1. The van der Waals surface area contributed by atoms with Crippen LogP contribution in [0.5, 0.6) is 17.2 Å². The Hall–Kier alpha value is -3.63. The van der Waals surface area contributed by atoms with Gasteiger partial charge in [-0.25, -0.2) is 4.98 Å². The number of ether oxygens (including phenoxy) is 3. The van der Waals surface area contributed by atoms with Crippen LogP contribution in [0.1, 0.15) is 46.1 Å². The molecule has 2 atom stereocenters. The zero-order valence-electron chi connectivity index (χ0n) is 23.2. The lowest BCUT2D eigenvalue weighted by atomic mass is 9.88. The van der Waals surface area contributed by atoms with Crippen LogP contribution >= 0.6 is 11.3 Å². The summed E-state index contributed by atoms with van der Waals surface area (Å²) in [5.41, 5.74) is 1.24. The molecule has 9 nitrogen and oxygen atoms in total. The fourth-order valence-electron chi connectivity index (χ4n) is 3.80. The summed E-state index contributed by atoms with van der Waals surface area (Å²) in [6.45, 7) is 7.53. The topological polar surface area (TPSA) is 119 Å². The van der Waals surface area contributed by atoms with E-state index in [0.29, 0.717) is 41.8 Å². The molecule has 0 saturated carbocycles. The molecule has 2 amide bonds. The normalized spacial score (nSPS) is 12.8. The van der Waals surface area contributed by atoms with Crippen LogP contribution in [0.15, 0.2) is 48.7 Å². The number of anilines is 1. The van der Waals surface area contributed by atoms with Crippen LogP contribution in [0.3, 0.4) is 0 Å². The Kier molecular flexibility index (Phi) is 10.3. The van der Waals surface area contributed by atoms with Gasteiger partial charge >= 0.3 is 0 Å². The Bertz CT molecular complexity index is 1270. The van der Waals surface area contributed by atoms with Gasteiger partial charge in [0.05, 0.1) is 19.1 Å². The minimum atomic E-state index is -1.23. The maximum atomic E-state index is 13.0. The maximum Gasteiger partial charge on any atom is 0.250 e. The minimum Gasteiger partial charge on any atom is -0.493 e. The maximum absolute atomic E-state index is 13.0. The lowest BCUT2D eigenvalue weighted by molar-refractivity contribution is -0.137. The van der Waals surface area contributed by atoms with Gasteiger partial charge < -0.3 is 30.0 Å². The second-order valence-corrected chi connectivity index (χ2v) is 11.1. The predicted molar refractivity (Wildman–Crippen MR) is 152 cm³/mol. The van der Waals surface area contributed by atoms with E-state index in [1.165, 1.54) is 11.3 Å². The lowest BCUT2D eigenvalue weighted by Gasteiger charge is -2.26. The van der Waals surface area contributed by atoms with E-state index in [1.807, 2.05) is 37.3 Å². The van der Waals surface area contributed by atoms with Crippen molar-refractivity contribution in [1.82, 2.24) is 10.3 Å². The summed E-state index contributed by atoms with van der Waals surface area (Å²) in [5, 5.41) is 16.2. The van der Waals surface area contributed by atoms with E-state index in [1.54, 1.807) is 53.3 Å². The zero-order chi connectivity index (χ0) is 28.6. The van der Waals surface area contributed by atoms with Crippen LogP contribution in [-0.2, 0) is 16.2 Å². The number of nitrogens with one attached hydrogen (secondary N) is 2. The number of benzene rings is 2. The van der Waals surface area contributed by atoms with Gasteiger partial charge in [0.15, 0.2) is 16.6 Å². The van der Waals surface area contributed by atoms with Crippen LogP contribution in [-0.4, -0.2) is 48.3 Å². The summed E-state index contributed by atoms with van der Waals surface area (Å²) in [4.78, 5) is 30.8. The highest BCUT2D eigenvalue weighted by molar-refractivity contribution is 7.19. The molecule has 0 aliphatic carbocycles. The van der Waals surface area contributed by atoms with Crippen LogP contribution in [0, 0.1) is 5.41 Å².